The van der Waals surface area contributed by atoms with E-state index in [1.54, 1.807) is 0 Å². The SMILES string of the molecule is CCCCCCCCCCCCCCCCCCC(CCCCCCCCCCCCCCCCC)OC(=O)NCCOC(C)(C)COC(C)(C)C. The van der Waals surface area contributed by atoms with E-state index in [0.29, 0.717) is 19.8 Å². The average Bonchev–Trinajstić information content (AvgIpc) is 3.10. The molecule has 0 bridgehead atoms. The lowest BCUT2D eigenvalue weighted by Gasteiger charge is -2.30. The van der Waals surface area contributed by atoms with Crippen molar-refractivity contribution in [3.63, 3.8) is 0 Å². The van der Waals surface area contributed by atoms with Crippen LogP contribution in [0.25, 0.3) is 0 Å². The molecule has 1 N–H and O–H groups in total. The zero-order valence-electron chi connectivity index (χ0n) is 36.7. The molecule has 0 aliphatic heterocycles. The molecule has 0 radical (unpaired) electrons. The molecule has 0 saturated carbocycles. The third kappa shape index (κ3) is 40.4. The monoisotopic (exact) mass is 738 g/mol. The number of unbranched alkanes of at least 4 members (excludes halogenated alkanes) is 29. The van der Waals surface area contributed by atoms with Gasteiger partial charge in [-0.2, -0.15) is 0 Å². The first-order valence-electron chi connectivity index (χ1n) is 23.3. The smallest absolute Gasteiger partial charge is 0.407 e. The van der Waals surface area contributed by atoms with E-state index in [0.717, 1.165) is 25.7 Å². The summed E-state index contributed by atoms with van der Waals surface area (Å²) in [5.74, 6) is 0. The fraction of sp³-hybridized carbons (Fsp3) is 0.979. The Hall–Kier alpha value is -0.810. The first-order valence-corrected chi connectivity index (χ1v) is 23.3. The second-order valence-electron chi connectivity index (χ2n) is 17.8. The molecule has 1 atom stereocenters. The van der Waals surface area contributed by atoms with Crippen LogP contribution in [0.5, 0.6) is 0 Å². The number of carbonyl (C=O) groups is 1. The number of hydrogen-bond acceptors (Lipinski definition) is 4. The molecule has 0 aromatic rings. The van der Waals surface area contributed by atoms with Crippen LogP contribution in [0.1, 0.15) is 260 Å². The largest absolute Gasteiger partial charge is 0.446 e. The Morgan fingerprint density at radius 2 is 0.769 bits per heavy atom. The van der Waals surface area contributed by atoms with Crippen molar-refractivity contribution in [1.82, 2.24) is 5.32 Å². The summed E-state index contributed by atoms with van der Waals surface area (Å²) in [6, 6.07) is 0. The molecule has 0 rings (SSSR count). The van der Waals surface area contributed by atoms with E-state index in [2.05, 4.69) is 39.9 Å². The average molecular weight is 738 g/mol. The van der Waals surface area contributed by atoms with Crippen LogP contribution in [0.3, 0.4) is 0 Å². The van der Waals surface area contributed by atoms with E-state index in [1.165, 1.54) is 186 Å². The van der Waals surface area contributed by atoms with Gasteiger partial charge < -0.3 is 19.5 Å². The summed E-state index contributed by atoms with van der Waals surface area (Å²) in [6.07, 6.45) is 44.3. The van der Waals surface area contributed by atoms with Gasteiger partial charge in [-0.25, -0.2) is 4.79 Å². The van der Waals surface area contributed by atoms with Crippen molar-refractivity contribution in [2.75, 3.05) is 19.8 Å². The summed E-state index contributed by atoms with van der Waals surface area (Å²) in [5, 5.41) is 2.94. The predicted molar refractivity (Wildman–Crippen MR) is 228 cm³/mol. The minimum absolute atomic E-state index is 0.0196. The van der Waals surface area contributed by atoms with Crippen LogP contribution in [0.4, 0.5) is 4.79 Å². The van der Waals surface area contributed by atoms with E-state index in [-0.39, 0.29) is 17.8 Å². The fourth-order valence-electron chi connectivity index (χ4n) is 7.03. The minimum Gasteiger partial charge on any atom is -0.446 e. The molecule has 52 heavy (non-hydrogen) atoms. The highest BCUT2D eigenvalue weighted by molar-refractivity contribution is 5.67. The lowest BCUT2D eigenvalue weighted by molar-refractivity contribution is -0.113. The fourth-order valence-corrected chi connectivity index (χ4v) is 7.03. The number of carbonyl (C=O) groups excluding carboxylic acids is 1. The number of ether oxygens (including phenoxy) is 3. The maximum Gasteiger partial charge on any atom is 0.407 e. The Balaban J connectivity index is 4.21. The zero-order chi connectivity index (χ0) is 38.4. The molecule has 1 amide bonds. The third-order valence-electron chi connectivity index (χ3n) is 10.5. The van der Waals surface area contributed by atoms with E-state index in [9.17, 15) is 4.79 Å². The van der Waals surface area contributed by atoms with Crippen molar-refractivity contribution < 1.29 is 19.0 Å². The molecular formula is C47H95NO4. The van der Waals surface area contributed by atoms with E-state index in [1.807, 2.05) is 13.8 Å². The standard InChI is InChI=1S/C47H95NO4/c1-8-10-12-14-16-18-20-22-24-26-28-30-32-34-36-38-40-44(52-45(49)48-41-42-50-47(6,7)43-51-46(3,4)5)39-37-35-33-31-29-27-25-23-21-19-17-15-13-11-9-2/h44H,8-43H2,1-7H3,(H,48,49). The lowest BCUT2D eigenvalue weighted by Crippen LogP contribution is -2.38. The van der Waals surface area contributed by atoms with E-state index >= 15 is 0 Å². The molecule has 5 heteroatoms. The molecule has 0 saturated heterocycles. The van der Waals surface area contributed by atoms with E-state index in [4.69, 9.17) is 14.2 Å². The summed E-state index contributed by atoms with van der Waals surface area (Å²) in [6.45, 7) is 16.2. The number of hydrogen-bond donors (Lipinski definition) is 1. The number of rotatable bonds is 40. The van der Waals surface area contributed by atoms with Crippen molar-refractivity contribution in [3.8, 4) is 0 Å². The molecule has 0 spiro atoms. The Morgan fingerprint density at radius 1 is 0.462 bits per heavy atom. The van der Waals surface area contributed by atoms with Crippen LogP contribution in [-0.2, 0) is 14.2 Å². The normalized spacial score (nSPS) is 12.8. The zero-order valence-corrected chi connectivity index (χ0v) is 36.7. The molecule has 0 aliphatic carbocycles. The van der Waals surface area contributed by atoms with Crippen LogP contribution in [0.2, 0.25) is 0 Å². The van der Waals surface area contributed by atoms with Gasteiger partial charge in [-0.1, -0.05) is 200 Å². The Labute approximate surface area is 327 Å². The molecule has 0 aliphatic rings. The van der Waals surface area contributed by atoms with Gasteiger partial charge in [-0.15, -0.1) is 0 Å². The summed E-state index contributed by atoms with van der Waals surface area (Å²) in [4.78, 5) is 12.8. The van der Waals surface area contributed by atoms with Crippen molar-refractivity contribution >= 4 is 6.09 Å². The van der Waals surface area contributed by atoms with E-state index < -0.39 is 5.60 Å². The van der Waals surface area contributed by atoms with Gasteiger partial charge in [0, 0.05) is 6.54 Å². The van der Waals surface area contributed by atoms with Crippen molar-refractivity contribution in [2.24, 2.45) is 0 Å². The Morgan fingerprint density at radius 3 is 1.08 bits per heavy atom. The van der Waals surface area contributed by atoms with Crippen molar-refractivity contribution in [1.29, 1.82) is 0 Å². The highest BCUT2D eigenvalue weighted by Gasteiger charge is 2.23. The number of alkyl carbamates (subject to hydrolysis) is 1. The first kappa shape index (κ1) is 51.2. The molecular weight excluding hydrogens is 643 g/mol. The molecule has 0 heterocycles. The van der Waals surface area contributed by atoms with Crippen molar-refractivity contribution in [2.45, 2.75) is 278 Å². The van der Waals surface area contributed by atoms with Gasteiger partial charge in [0.05, 0.1) is 24.4 Å². The van der Waals surface area contributed by atoms with Crippen LogP contribution in [-0.4, -0.2) is 43.2 Å². The second-order valence-corrected chi connectivity index (χ2v) is 17.8. The maximum atomic E-state index is 12.8. The minimum atomic E-state index is -0.401. The van der Waals surface area contributed by atoms with Gasteiger partial charge in [-0.3, -0.25) is 0 Å². The molecule has 0 aromatic heterocycles. The van der Waals surface area contributed by atoms with Crippen molar-refractivity contribution in [3.05, 3.63) is 0 Å². The van der Waals surface area contributed by atoms with Crippen LogP contribution in [0, 0.1) is 0 Å². The summed E-state index contributed by atoms with van der Waals surface area (Å²) >= 11 is 0. The summed E-state index contributed by atoms with van der Waals surface area (Å²) in [7, 11) is 0. The Bertz CT molecular complexity index is 733. The van der Waals surface area contributed by atoms with Crippen LogP contribution in [0.15, 0.2) is 0 Å². The topological polar surface area (TPSA) is 56.8 Å². The number of amides is 1. The summed E-state index contributed by atoms with van der Waals surface area (Å²) < 4.78 is 17.9. The van der Waals surface area contributed by atoms with Crippen LogP contribution >= 0.6 is 0 Å². The highest BCUT2D eigenvalue weighted by Crippen LogP contribution is 2.20. The first-order chi connectivity index (χ1) is 25.1. The van der Waals surface area contributed by atoms with Gasteiger partial charge in [0.1, 0.15) is 6.10 Å². The summed E-state index contributed by atoms with van der Waals surface area (Å²) in [5.41, 5.74) is -0.598. The second kappa shape index (κ2) is 37.1. The molecule has 0 fully saturated rings. The van der Waals surface area contributed by atoms with Gasteiger partial charge in [0.2, 0.25) is 0 Å². The maximum absolute atomic E-state index is 12.8. The van der Waals surface area contributed by atoms with Gasteiger partial charge in [-0.05, 0) is 60.3 Å². The number of nitrogens with one attached hydrogen (secondary N) is 1. The van der Waals surface area contributed by atoms with Gasteiger partial charge in [0.25, 0.3) is 0 Å². The Kier molecular flexibility index (Phi) is 36.6. The van der Waals surface area contributed by atoms with Crippen LogP contribution < -0.4 is 5.32 Å². The van der Waals surface area contributed by atoms with Gasteiger partial charge in [0.15, 0.2) is 0 Å². The molecule has 1 unspecified atom stereocenters. The predicted octanol–water partition coefficient (Wildman–Crippen LogP) is 15.6. The quantitative estimate of drug-likeness (QED) is 0.0636. The molecule has 0 aromatic carbocycles. The third-order valence-corrected chi connectivity index (χ3v) is 10.5. The lowest BCUT2D eigenvalue weighted by atomic mass is 10.0. The molecule has 312 valence electrons. The molecule has 5 nitrogen and oxygen atoms in total. The van der Waals surface area contributed by atoms with Gasteiger partial charge >= 0.3 is 6.09 Å². The highest BCUT2D eigenvalue weighted by atomic mass is 16.6.